The van der Waals surface area contributed by atoms with E-state index in [1.165, 1.54) is 6.92 Å². The highest BCUT2D eigenvalue weighted by Gasteiger charge is 2.57. The molecule has 1 aliphatic rings. The number of halogens is 3. The Morgan fingerprint density at radius 2 is 1.89 bits per heavy atom. The minimum absolute atomic E-state index is 0.211. The molecule has 1 aliphatic carbocycles. The fraction of sp³-hybridized carbons (Fsp3) is 0.923. The molecule has 0 aliphatic heterocycles. The van der Waals surface area contributed by atoms with Gasteiger partial charge in [-0.05, 0) is 44.9 Å². The van der Waals surface area contributed by atoms with Gasteiger partial charge in [-0.25, -0.2) is 0 Å². The van der Waals surface area contributed by atoms with Gasteiger partial charge < -0.3 is 4.74 Å². The number of ether oxygens (including phenoxy) is 1. The van der Waals surface area contributed by atoms with Crippen LogP contribution in [0, 0.1) is 11.3 Å². The monoisotopic (exact) mass is 266 g/mol. The molecule has 1 fully saturated rings. The molecule has 18 heavy (non-hydrogen) atoms. The Bertz CT molecular complexity index is 301. The Morgan fingerprint density at radius 3 is 2.33 bits per heavy atom. The molecule has 2 nitrogen and oxygen atoms in total. The van der Waals surface area contributed by atoms with Crippen LogP contribution in [0.25, 0.3) is 0 Å². The van der Waals surface area contributed by atoms with E-state index in [4.69, 9.17) is 4.74 Å². The van der Waals surface area contributed by atoms with Gasteiger partial charge in [-0.15, -0.1) is 0 Å². The number of hydrogen-bond donors (Lipinski definition) is 0. The summed E-state index contributed by atoms with van der Waals surface area (Å²) in [7, 11) is 0. The lowest BCUT2D eigenvalue weighted by Gasteiger charge is -2.31. The standard InChI is InChI=1S/C13H21F3O2/c1-4-9-7-6-8-10(9)18-11(17)12(3,5-2)13(14,15)16/h9-10H,4-8H2,1-3H3. The summed E-state index contributed by atoms with van der Waals surface area (Å²) in [5, 5.41) is 0. The van der Waals surface area contributed by atoms with Crippen molar-refractivity contribution >= 4 is 5.97 Å². The lowest BCUT2D eigenvalue weighted by molar-refractivity contribution is -0.234. The Morgan fingerprint density at radius 1 is 1.28 bits per heavy atom. The third-order valence-electron chi connectivity index (χ3n) is 4.16. The van der Waals surface area contributed by atoms with Crippen LogP contribution < -0.4 is 0 Å². The SMILES string of the molecule is CCC1CCCC1OC(=O)C(C)(CC)C(F)(F)F. The Hall–Kier alpha value is -0.740. The topological polar surface area (TPSA) is 26.3 Å². The first-order chi connectivity index (χ1) is 8.26. The summed E-state index contributed by atoms with van der Waals surface area (Å²) in [6.07, 6.45) is -1.81. The largest absolute Gasteiger partial charge is 0.461 e. The first-order valence-electron chi connectivity index (χ1n) is 6.54. The summed E-state index contributed by atoms with van der Waals surface area (Å²) in [4.78, 5) is 11.8. The molecule has 1 rings (SSSR count). The Balaban J connectivity index is 2.75. The Labute approximate surface area is 106 Å². The van der Waals surface area contributed by atoms with E-state index in [-0.39, 0.29) is 18.4 Å². The molecule has 0 radical (unpaired) electrons. The van der Waals surface area contributed by atoms with Gasteiger partial charge >= 0.3 is 12.1 Å². The zero-order chi connectivity index (χ0) is 14.0. The number of carbonyl (C=O) groups is 1. The van der Waals surface area contributed by atoms with Crippen molar-refractivity contribution in [2.75, 3.05) is 0 Å². The summed E-state index contributed by atoms with van der Waals surface area (Å²) in [5.74, 6) is -0.911. The van der Waals surface area contributed by atoms with Crippen LogP contribution in [0.4, 0.5) is 13.2 Å². The summed E-state index contributed by atoms with van der Waals surface area (Å²) in [6, 6.07) is 0. The van der Waals surface area contributed by atoms with Crippen LogP contribution in [0.3, 0.4) is 0 Å². The minimum Gasteiger partial charge on any atom is -0.461 e. The van der Waals surface area contributed by atoms with Crippen molar-refractivity contribution < 1.29 is 22.7 Å². The second-order valence-corrected chi connectivity index (χ2v) is 5.23. The second kappa shape index (κ2) is 5.49. The predicted octanol–water partition coefficient (Wildman–Crippen LogP) is 4.09. The fourth-order valence-corrected chi connectivity index (χ4v) is 2.35. The van der Waals surface area contributed by atoms with E-state index in [1.54, 1.807) is 0 Å². The van der Waals surface area contributed by atoms with Crippen LogP contribution in [0.1, 0.15) is 52.9 Å². The van der Waals surface area contributed by atoms with E-state index in [9.17, 15) is 18.0 Å². The highest BCUT2D eigenvalue weighted by Crippen LogP contribution is 2.43. The van der Waals surface area contributed by atoms with Gasteiger partial charge in [0.15, 0.2) is 5.41 Å². The number of rotatable bonds is 4. The molecule has 0 aromatic heterocycles. The van der Waals surface area contributed by atoms with Crippen LogP contribution in [-0.2, 0) is 9.53 Å². The third-order valence-corrected chi connectivity index (χ3v) is 4.16. The zero-order valence-corrected chi connectivity index (χ0v) is 11.1. The van der Waals surface area contributed by atoms with E-state index in [1.807, 2.05) is 6.92 Å². The third kappa shape index (κ3) is 2.81. The molecule has 0 spiro atoms. The van der Waals surface area contributed by atoms with Crippen LogP contribution >= 0.6 is 0 Å². The molecule has 0 amide bonds. The van der Waals surface area contributed by atoms with E-state index in [2.05, 4.69) is 0 Å². The highest BCUT2D eigenvalue weighted by atomic mass is 19.4. The van der Waals surface area contributed by atoms with E-state index < -0.39 is 17.6 Å². The second-order valence-electron chi connectivity index (χ2n) is 5.23. The zero-order valence-electron chi connectivity index (χ0n) is 11.1. The molecule has 3 unspecified atom stereocenters. The first-order valence-corrected chi connectivity index (χ1v) is 6.54. The van der Waals surface area contributed by atoms with Gasteiger partial charge in [0, 0.05) is 0 Å². The van der Waals surface area contributed by atoms with E-state index in [0.717, 1.165) is 26.2 Å². The number of hydrogen-bond acceptors (Lipinski definition) is 2. The predicted molar refractivity (Wildman–Crippen MR) is 62.0 cm³/mol. The van der Waals surface area contributed by atoms with Gasteiger partial charge in [0.2, 0.25) is 0 Å². The van der Waals surface area contributed by atoms with Crippen LogP contribution in [0.5, 0.6) is 0 Å². The van der Waals surface area contributed by atoms with Gasteiger partial charge in [0.05, 0.1) is 0 Å². The van der Waals surface area contributed by atoms with Crippen molar-refractivity contribution in [3.8, 4) is 0 Å². The molecule has 5 heteroatoms. The molecule has 3 atom stereocenters. The van der Waals surface area contributed by atoms with Crippen molar-refractivity contribution in [2.45, 2.75) is 65.2 Å². The summed E-state index contributed by atoms with van der Waals surface area (Å²) >= 11 is 0. The first kappa shape index (κ1) is 15.3. The lowest BCUT2D eigenvalue weighted by atomic mass is 9.86. The summed E-state index contributed by atoms with van der Waals surface area (Å²) in [5.41, 5.74) is -2.38. The van der Waals surface area contributed by atoms with E-state index in [0.29, 0.717) is 6.42 Å². The maximum atomic E-state index is 12.9. The number of esters is 1. The lowest BCUT2D eigenvalue weighted by Crippen LogP contribution is -2.44. The molecule has 106 valence electrons. The quantitative estimate of drug-likeness (QED) is 0.716. The Kier molecular flexibility index (Phi) is 4.67. The molecule has 0 N–H and O–H groups in total. The molecular formula is C13H21F3O2. The maximum absolute atomic E-state index is 12.9. The molecule has 0 heterocycles. The van der Waals surface area contributed by atoms with Gasteiger partial charge in [0.1, 0.15) is 6.10 Å². The minimum atomic E-state index is -4.56. The van der Waals surface area contributed by atoms with Gasteiger partial charge in [0.25, 0.3) is 0 Å². The van der Waals surface area contributed by atoms with Gasteiger partial charge in [-0.3, -0.25) is 4.79 Å². The fourth-order valence-electron chi connectivity index (χ4n) is 2.35. The maximum Gasteiger partial charge on any atom is 0.404 e. The van der Waals surface area contributed by atoms with Crippen molar-refractivity contribution in [1.29, 1.82) is 0 Å². The van der Waals surface area contributed by atoms with Crippen molar-refractivity contribution in [3.05, 3.63) is 0 Å². The van der Waals surface area contributed by atoms with Gasteiger partial charge in [-0.2, -0.15) is 13.2 Å². The van der Waals surface area contributed by atoms with Crippen molar-refractivity contribution in [1.82, 2.24) is 0 Å². The molecule has 0 saturated heterocycles. The van der Waals surface area contributed by atoms with Crippen LogP contribution in [0.2, 0.25) is 0 Å². The van der Waals surface area contributed by atoms with Crippen LogP contribution in [-0.4, -0.2) is 18.2 Å². The van der Waals surface area contributed by atoms with Crippen molar-refractivity contribution in [3.63, 3.8) is 0 Å². The number of carbonyl (C=O) groups excluding carboxylic acids is 1. The molecular weight excluding hydrogens is 245 g/mol. The highest BCUT2D eigenvalue weighted by molar-refractivity contribution is 5.77. The van der Waals surface area contributed by atoms with E-state index >= 15 is 0 Å². The summed E-state index contributed by atoms with van der Waals surface area (Å²) < 4.78 is 43.9. The van der Waals surface area contributed by atoms with Crippen molar-refractivity contribution in [2.24, 2.45) is 11.3 Å². The molecule has 0 bridgehead atoms. The van der Waals surface area contributed by atoms with Gasteiger partial charge in [-0.1, -0.05) is 13.8 Å². The summed E-state index contributed by atoms with van der Waals surface area (Å²) in [6.45, 7) is 4.26. The van der Waals surface area contributed by atoms with Crippen LogP contribution in [0.15, 0.2) is 0 Å². The molecule has 1 saturated carbocycles. The number of alkyl halides is 3. The average Bonchev–Trinajstić information content (AvgIpc) is 2.73. The average molecular weight is 266 g/mol. The molecule has 0 aromatic carbocycles. The normalized spacial score (nSPS) is 27.9. The smallest absolute Gasteiger partial charge is 0.404 e. The molecule has 0 aromatic rings.